The monoisotopic (exact) mass is 194 g/mol. The molecule has 1 aromatic rings. The number of rotatable bonds is 3. The summed E-state index contributed by atoms with van der Waals surface area (Å²) in [6.45, 7) is 1.84. The van der Waals surface area contributed by atoms with Crippen LogP contribution in [-0.4, -0.2) is 21.9 Å². The maximum atomic E-state index is 9.43. The summed E-state index contributed by atoms with van der Waals surface area (Å²) in [7, 11) is 0. The van der Waals surface area contributed by atoms with Gasteiger partial charge in [-0.25, -0.2) is 0 Å². The second-order valence-electron chi connectivity index (χ2n) is 3.23. The summed E-state index contributed by atoms with van der Waals surface area (Å²) in [4.78, 5) is 0. The van der Waals surface area contributed by atoms with E-state index in [0.717, 1.165) is 11.1 Å². The van der Waals surface area contributed by atoms with Crippen LogP contribution in [0.3, 0.4) is 0 Å². The molecular formula is C11H14O3. The van der Waals surface area contributed by atoms with Crippen LogP contribution < -0.4 is 0 Å². The van der Waals surface area contributed by atoms with Crippen LogP contribution >= 0.6 is 0 Å². The van der Waals surface area contributed by atoms with Gasteiger partial charge in [-0.3, -0.25) is 0 Å². The highest BCUT2D eigenvalue weighted by molar-refractivity contribution is 5.40. The zero-order valence-corrected chi connectivity index (χ0v) is 8.07. The van der Waals surface area contributed by atoms with Crippen LogP contribution in [0.25, 0.3) is 0 Å². The highest BCUT2D eigenvalue weighted by atomic mass is 16.3. The van der Waals surface area contributed by atoms with E-state index in [1.807, 2.05) is 13.0 Å². The fraction of sp³-hybridized carbons (Fsp3) is 0.273. The minimum atomic E-state index is 0.0266. The first kappa shape index (κ1) is 10.6. The number of aliphatic hydroxyl groups is 1. The number of aliphatic hydroxyl groups excluding tert-OH is 1. The van der Waals surface area contributed by atoms with E-state index in [9.17, 15) is 5.11 Å². The van der Waals surface area contributed by atoms with E-state index in [2.05, 4.69) is 0 Å². The van der Waals surface area contributed by atoms with Crippen LogP contribution in [0, 0.1) is 0 Å². The summed E-state index contributed by atoms with van der Waals surface area (Å²) in [5.41, 5.74) is 1.59. The Balaban J connectivity index is 2.77. The predicted molar refractivity (Wildman–Crippen MR) is 54.3 cm³/mol. The highest BCUT2D eigenvalue weighted by Crippen LogP contribution is 2.23. The topological polar surface area (TPSA) is 60.7 Å². The molecule has 0 atom stereocenters. The van der Waals surface area contributed by atoms with E-state index in [4.69, 9.17) is 10.2 Å². The standard InChI is InChI=1S/C11H14O3/c1-8(7-12)2-3-9-4-5-10(13)6-11(9)14/h2,4-6,12-14H,3,7H2,1H3. The first-order valence-electron chi connectivity index (χ1n) is 4.41. The molecule has 3 heteroatoms. The molecule has 0 heterocycles. The average molecular weight is 194 g/mol. The van der Waals surface area contributed by atoms with Crippen LogP contribution in [0.1, 0.15) is 12.5 Å². The number of hydrogen-bond acceptors (Lipinski definition) is 3. The van der Waals surface area contributed by atoms with E-state index >= 15 is 0 Å². The maximum Gasteiger partial charge on any atom is 0.122 e. The molecule has 76 valence electrons. The molecule has 0 unspecified atom stereocenters. The van der Waals surface area contributed by atoms with Gasteiger partial charge in [-0.15, -0.1) is 0 Å². The lowest BCUT2D eigenvalue weighted by molar-refractivity contribution is 0.331. The van der Waals surface area contributed by atoms with Gasteiger partial charge in [-0.1, -0.05) is 17.7 Å². The molecule has 3 N–H and O–H groups in total. The fourth-order valence-corrected chi connectivity index (χ4v) is 1.07. The zero-order valence-electron chi connectivity index (χ0n) is 8.07. The van der Waals surface area contributed by atoms with Gasteiger partial charge in [0.15, 0.2) is 0 Å². The third-order valence-corrected chi connectivity index (χ3v) is 1.99. The third kappa shape index (κ3) is 2.78. The first-order chi connectivity index (χ1) is 6.63. The fourth-order valence-electron chi connectivity index (χ4n) is 1.07. The van der Waals surface area contributed by atoms with Crippen LogP contribution in [0.2, 0.25) is 0 Å². The maximum absolute atomic E-state index is 9.43. The molecule has 0 saturated heterocycles. The first-order valence-corrected chi connectivity index (χ1v) is 4.41. The Morgan fingerprint density at radius 2 is 2.07 bits per heavy atom. The molecule has 1 aromatic carbocycles. The summed E-state index contributed by atoms with van der Waals surface area (Å²) in [6, 6.07) is 4.49. The molecule has 3 nitrogen and oxygen atoms in total. The number of aromatic hydroxyl groups is 2. The highest BCUT2D eigenvalue weighted by Gasteiger charge is 2.00. The van der Waals surface area contributed by atoms with Gasteiger partial charge in [0.25, 0.3) is 0 Å². The lowest BCUT2D eigenvalue weighted by Gasteiger charge is -2.02. The van der Waals surface area contributed by atoms with Crippen molar-refractivity contribution < 1.29 is 15.3 Å². The molecular weight excluding hydrogens is 180 g/mol. The van der Waals surface area contributed by atoms with Crippen molar-refractivity contribution in [2.75, 3.05) is 6.61 Å². The molecule has 0 aliphatic heterocycles. The van der Waals surface area contributed by atoms with Crippen molar-refractivity contribution in [1.82, 2.24) is 0 Å². The summed E-state index contributed by atoms with van der Waals surface area (Å²) in [5, 5.41) is 27.2. The Kier molecular flexibility index (Phi) is 3.54. The number of allylic oxidation sites excluding steroid dienone is 1. The van der Waals surface area contributed by atoms with Crippen molar-refractivity contribution in [3.05, 3.63) is 35.4 Å². The van der Waals surface area contributed by atoms with E-state index in [1.54, 1.807) is 6.07 Å². The van der Waals surface area contributed by atoms with Gasteiger partial charge in [-0.2, -0.15) is 0 Å². The SMILES string of the molecule is CC(=CCc1ccc(O)cc1O)CO. The molecule has 0 radical (unpaired) electrons. The van der Waals surface area contributed by atoms with Crippen molar-refractivity contribution in [1.29, 1.82) is 0 Å². The van der Waals surface area contributed by atoms with Gasteiger partial charge in [-0.05, 0) is 25.0 Å². The summed E-state index contributed by atoms with van der Waals surface area (Å²) < 4.78 is 0. The predicted octanol–water partition coefficient (Wildman–Crippen LogP) is 1.58. The van der Waals surface area contributed by atoms with Crippen molar-refractivity contribution in [3.63, 3.8) is 0 Å². The largest absolute Gasteiger partial charge is 0.508 e. The van der Waals surface area contributed by atoms with Crippen molar-refractivity contribution in [2.45, 2.75) is 13.3 Å². The molecule has 0 aliphatic carbocycles. The second kappa shape index (κ2) is 4.67. The summed E-state index contributed by atoms with van der Waals surface area (Å²) in [6.07, 6.45) is 2.39. The Morgan fingerprint density at radius 1 is 1.36 bits per heavy atom. The van der Waals surface area contributed by atoms with E-state index in [-0.39, 0.29) is 18.1 Å². The average Bonchev–Trinajstić information content (AvgIpc) is 2.16. The van der Waals surface area contributed by atoms with Crippen LogP contribution in [-0.2, 0) is 6.42 Å². The normalized spacial score (nSPS) is 11.7. The van der Waals surface area contributed by atoms with E-state index in [1.165, 1.54) is 12.1 Å². The van der Waals surface area contributed by atoms with Crippen LogP contribution in [0.15, 0.2) is 29.8 Å². The van der Waals surface area contributed by atoms with Gasteiger partial charge in [0.1, 0.15) is 11.5 Å². The van der Waals surface area contributed by atoms with Crippen molar-refractivity contribution in [2.24, 2.45) is 0 Å². The molecule has 14 heavy (non-hydrogen) atoms. The molecule has 0 aliphatic rings. The molecule has 0 spiro atoms. The quantitative estimate of drug-likeness (QED) is 0.640. The molecule has 0 saturated carbocycles. The lowest BCUT2D eigenvalue weighted by atomic mass is 10.1. The number of phenolic OH excluding ortho intramolecular Hbond substituents is 2. The number of phenols is 2. The second-order valence-corrected chi connectivity index (χ2v) is 3.23. The van der Waals surface area contributed by atoms with Gasteiger partial charge in [0.2, 0.25) is 0 Å². The van der Waals surface area contributed by atoms with Gasteiger partial charge in [0, 0.05) is 6.07 Å². The van der Waals surface area contributed by atoms with E-state index in [0.29, 0.717) is 6.42 Å². The molecule has 0 bridgehead atoms. The van der Waals surface area contributed by atoms with E-state index < -0.39 is 0 Å². The van der Waals surface area contributed by atoms with Gasteiger partial charge < -0.3 is 15.3 Å². The summed E-state index contributed by atoms with van der Waals surface area (Å²) in [5.74, 6) is 0.126. The van der Waals surface area contributed by atoms with Crippen molar-refractivity contribution >= 4 is 0 Å². The Hall–Kier alpha value is -1.48. The van der Waals surface area contributed by atoms with Gasteiger partial charge in [0.05, 0.1) is 6.61 Å². The lowest BCUT2D eigenvalue weighted by Crippen LogP contribution is -1.87. The van der Waals surface area contributed by atoms with Crippen LogP contribution in [0.4, 0.5) is 0 Å². The third-order valence-electron chi connectivity index (χ3n) is 1.99. The molecule has 0 aromatic heterocycles. The number of benzene rings is 1. The molecule has 0 fully saturated rings. The summed E-state index contributed by atoms with van der Waals surface area (Å²) >= 11 is 0. The van der Waals surface area contributed by atoms with Gasteiger partial charge >= 0.3 is 0 Å². The Labute approximate surface area is 82.9 Å². The van der Waals surface area contributed by atoms with Crippen molar-refractivity contribution in [3.8, 4) is 11.5 Å². The Morgan fingerprint density at radius 3 is 2.64 bits per heavy atom. The Bertz CT molecular complexity index is 342. The number of hydrogen-bond donors (Lipinski definition) is 3. The minimum absolute atomic E-state index is 0.0266. The smallest absolute Gasteiger partial charge is 0.122 e. The zero-order chi connectivity index (χ0) is 10.6. The molecule has 1 rings (SSSR count). The minimum Gasteiger partial charge on any atom is -0.508 e. The van der Waals surface area contributed by atoms with Crippen LogP contribution in [0.5, 0.6) is 11.5 Å². The molecule has 0 amide bonds.